The van der Waals surface area contributed by atoms with Crippen LogP contribution in [0.2, 0.25) is 0 Å². The number of carbonyl (C=O) groups excluding carboxylic acids is 1. The number of fused-ring (bicyclic) bond motifs is 2. The van der Waals surface area contributed by atoms with Crippen molar-refractivity contribution in [2.45, 2.75) is 25.8 Å². The number of hydrogen-bond donors (Lipinski definition) is 1. The lowest BCUT2D eigenvalue weighted by atomic mass is 9.85. The highest BCUT2D eigenvalue weighted by Crippen LogP contribution is 2.44. The maximum atomic E-state index is 12.4. The van der Waals surface area contributed by atoms with E-state index in [4.69, 9.17) is 4.74 Å². The fraction of sp³-hybridized carbons (Fsp3) is 0.318. The van der Waals surface area contributed by atoms with E-state index in [1.54, 1.807) is 19.0 Å². The molecule has 4 rings (SSSR count). The molecule has 0 unspecified atom stereocenters. The molecule has 0 saturated carbocycles. The Morgan fingerprint density at radius 1 is 1.15 bits per heavy atom. The molecule has 0 fully saturated rings. The van der Waals surface area contributed by atoms with Crippen LogP contribution in [0.15, 0.2) is 48.0 Å². The van der Waals surface area contributed by atoms with Gasteiger partial charge < -0.3 is 9.64 Å². The second-order valence-electron chi connectivity index (χ2n) is 7.31. The van der Waals surface area contributed by atoms with Crippen LogP contribution in [-0.4, -0.2) is 32.1 Å². The maximum Gasteiger partial charge on any atom is 0.238 e. The molecular weight excluding hydrogens is 338 g/mol. The lowest BCUT2D eigenvalue weighted by molar-refractivity contribution is -0.132. The first-order valence-electron chi connectivity index (χ1n) is 9.23. The summed E-state index contributed by atoms with van der Waals surface area (Å²) < 4.78 is 5.41. The van der Waals surface area contributed by atoms with Gasteiger partial charge in [-0.2, -0.15) is 0 Å². The molecule has 0 saturated heterocycles. The maximum absolute atomic E-state index is 12.4. The lowest BCUT2D eigenvalue weighted by Crippen LogP contribution is -2.38. The Bertz CT molecular complexity index is 916. The van der Waals surface area contributed by atoms with Crippen LogP contribution in [0.3, 0.4) is 0 Å². The first-order valence-corrected chi connectivity index (χ1v) is 9.23. The van der Waals surface area contributed by atoms with Gasteiger partial charge in [-0.05, 0) is 53.8 Å². The zero-order valence-corrected chi connectivity index (χ0v) is 16.2. The summed E-state index contributed by atoms with van der Waals surface area (Å²) in [5, 5.41) is 1.75. The van der Waals surface area contributed by atoms with E-state index in [0.29, 0.717) is 0 Å². The van der Waals surface area contributed by atoms with Gasteiger partial charge in [0.15, 0.2) is 0 Å². The Morgan fingerprint density at radius 3 is 2.52 bits per heavy atom. The molecule has 1 N–H and O–H groups in total. The molecule has 1 atom stereocenters. The zero-order chi connectivity index (χ0) is 19.1. The first-order chi connectivity index (χ1) is 13.0. The Kier molecular flexibility index (Phi) is 4.30. The number of benzene rings is 2. The Balaban J connectivity index is 1.79. The second kappa shape index (κ2) is 6.65. The summed E-state index contributed by atoms with van der Waals surface area (Å²) >= 11 is 0. The molecule has 2 aromatic carbocycles. The smallest absolute Gasteiger partial charge is 0.238 e. The van der Waals surface area contributed by atoms with Crippen molar-refractivity contribution in [3.8, 4) is 5.75 Å². The van der Waals surface area contributed by atoms with Crippen molar-refractivity contribution >= 4 is 17.3 Å². The number of ether oxygens (including phenoxy) is 1. The summed E-state index contributed by atoms with van der Waals surface area (Å²) in [6, 6.07) is 14.6. The Labute approximate surface area is 160 Å². The van der Waals surface area contributed by atoms with Crippen LogP contribution in [-0.2, 0) is 11.2 Å². The minimum absolute atomic E-state index is 0.00975. The number of carbonyl (C=O) groups is 1. The van der Waals surface area contributed by atoms with Gasteiger partial charge in [0.2, 0.25) is 5.91 Å². The molecule has 5 heteroatoms. The van der Waals surface area contributed by atoms with E-state index in [1.165, 1.54) is 11.1 Å². The van der Waals surface area contributed by atoms with Gasteiger partial charge in [0, 0.05) is 32.3 Å². The number of nitrogens with one attached hydrogen (secondary N) is 1. The topological polar surface area (TPSA) is 44.8 Å². The monoisotopic (exact) mass is 363 g/mol. The summed E-state index contributed by atoms with van der Waals surface area (Å²) in [5.74, 6) is 0.841. The minimum Gasteiger partial charge on any atom is -0.497 e. The quantitative estimate of drug-likeness (QED) is 0.906. The highest BCUT2D eigenvalue weighted by atomic mass is 16.5. The van der Waals surface area contributed by atoms with Gasteiger partial charge in [0.05, 0.1) is 12.8 Å². The molecule has 1 aliphatic heterocycles. The number of anilines is 1. The number of hydrogen-bond acceptors (Lipinski definition) is 4. The van der Waals surface area contributed by atoms with Crippen LogP contribution >= 0.6 is 0 Å². The standard InChI is InChI=1S/C22H25N3O2/c1-14(26)25-22(16-5-9-17(10-6-16)24(2)3)19-12-8-15-7-11-18(27-4)13-20(15)21(19)23-25/h5-7,9-11,13,22-23H,8,12H2,1-4H3/t22-/m1/s1. The van der Waals surface area contributed by atoms with Crippen molar-refractivity contribution in [1.29, 1.82) is 0 Å². The van der Waals surface area contributed by atoms with E-state index in [0.717, 1.165) is 41.1 Å². The van der Waals surface area contributed by atoms with Crippen LogP contribution in [0.5, 0.6) is 5.75 Å². The van der Waals surface area contributed by atoms with E-state index in [2.05, 4.69) is 46.7 Å². The third-order valence-corrected chi connectivity index (χ3v) is 5.46. The zero-order valence-electron chi connectivity index (χ0n) is 16.2. The summed E-state index contributed by atoms with van der Waals surface area (Å²) in [4.78, 5) is 14.5. The predicted octanol–water partition coefficient (Wildman–Crippen LogP) is 3.53. The van der Waals surface area contributed by atoms with Gasteiger partial charge in [-0.25, -0.2) is 5.01 Å². The molecule has 1 amide bonds. The molecule has 27 heavy (non-hydrogen) atoms. The molecule has 2 aromatic rings. The van der Waals surface area contributed by atoms with E-state index in [-0.39, 0.29) is 11.9 Å². The van der Waals surface area contributed by atoms with Gasteiger partial charge in [-0.3, -0.25) is 10.2 Å². The fourth-order valence-electron chi connectivity index (χ4n) is 4.01. The molecule has 140 valence electrons. The first kappa shape index (κ1) is 17.5. The molecule has 0 spiro atoms. The third-order valence-electron chi connectivity index (χ3n) is 5.46. The number of amides is 1. The SMILES string of the molecule is COc1ccc2c(c1)C1=C(CC2)[C@@H](c2ccc(N(C)C)cc2)N(C(C)=O)N1. The third kappa shape index (κ3) is 2.93. The average molecular weight is 363 g/mol. The molecule has 2 aliphatic rings. The van der Waals surface area contributed by atoms with Crippen molar-refractivity contribution < 1.29 is 9.53 Å². The molecule has 0 aromatic heterocycles. The number of hydrazine groups is 1. The largest absolute Gasteiger partial charge is 0.497 e. The molecule has 1 aliphatic carbocycles. The number of nitrogens with zero attached hydrogens (tertiary/aromatic N) is 2. The van der Waals surface area contributed by atoms with Crippen molar-refractivity contribution in [2.24, 2.45) is 0 Å². The Hall–Kier alpha value is -2.95. The molecular formula is C22H25N3O2. The van der Waals surface area contributed by atoms with E-state index in [9.17, 15) is 4.79 Å². The molecule has 1 heterocycles. The average Bonchev–Trinajstić information content (AvgIpc) is 3.08. The summed E-state index contributed by atoms with van der Waals surface area (Å²) in [5.41, 5.74) is 10.4. The van der Waals surface area contributed by atoms with Gasteiger partial charge in [0.1, 0.15) is 11.8 Å². The van der Waals surface area contributed by atoms with Crippen molar-refractivity contribution in [1.82, 2.24) is 10.4 Å². The van der Waals surface area contributed by atoms with Gasteiger partial charge in [0.25, 0.3) is 0 Å². The van der Waals surface area contributed by atoms with Gasteiger partial charge >= 0.3 is 0 Å². The van der Waals surface area contributed by atoms with Crippen LogP contribution in [0.1, 0.15) is 36.1 Å². The highest BCUT2D eigenvalue weighted by molar-refractivity contribution is 5.82. The van der Waals surface area contributed by atoms with Gasteiger partial charge in [-0.15, -0.1) is 0 Å². The fourth-order valence-corrected chi connectivity index (χ4v) is 4.01. The highest BCUT2D eigenvalue weighted by Gasteiger charge is 2.38. The molecule has 0 radical (unpaired) electrons. The van der Waals surface area contributed by atoms with Crippen LogP contribution < -0.4 is 15.1 Å². The van der Waals surface area contributed by atoms with E-state index < -0.39 is 0 Å². The predicted molar refractivity (Wildman–Crippen MR) is 107 cm³/mol. The number of aryl methyl sites for hydroxylation is 1. The normalized spacial score (nSPS) is 17.9. The molecule has 5 nitrogen and oxygen atoms in total. The van der Waals surface area contributed by atoms with E-state index >= 15 is 0 Å². The number of methoxy groups -OCH3 is 1. The summed E-state index contributed by atoms with van der Waals surface area (Å²) in [7, 11) is 5.74. The molecule has 0 bridgehead atoms. The van der Waals surface area contributed by atoms with Crippen molar-refractivity contribution in [2.75, 3.05) is 26.1 Å². The lowest BCUT2D eigenvalue weighted by Gasteiger charge is -2.26. The second-order valence-corrected chi connectivity index (χ2v) is 7.31. The van der Waals surface area contributed by atoms with Crippen molar-refractivity contribution in [3.63, 3.8) is 0 Å². The number of rotatable bonds is 3. The van der Waals surface area contributed by atoms with E-state index in [1.807, 2.05) is 20.2 Å². The summed E-state index contributed by atoms with van der Waals surface area (Å²) in [6.45, 7) is 1.61. The van der Waals surface area contributed by atoms with Crippen LogP contribution in [0, 0.1) is 0 Å². The summed E-state index contributed by atoms with van der Waals surface area (Å²) in [6.07, 6.45) is 1.91. The van der Waals surface area contributed by atoms with Crippen LogP contribution in [0.4, 0.5) is 5.69 Å². The minimum atomic E-state index is -0.0759. The van der Waals surface area contributed by atoms with Gasteiger partial charge in [-0.1, -0.05) is 18.2 Å². The Morgan fingerprint density at radius 2 is 1.89 bits per heavy atom. The van der Waals surface area contributed by atoms with Crippen LogP contribution in [0.25, 0.3) is 5.70 Å². The van der Waals surface area contributed by atoms with Crippen molar-refractivity contribution in [3.05, 3.63) is 64.7 Å².